The molecule has 0 heterocycles. The molecule has 0 aliphatic carbocycles. The molecule has 0 atom stereocenters. The number of hydrogen-bond donors (Lipinski definition) is 1. The number of nitrogens with one attached hydrogen (secondary N) is 1. The summed E-state index contributed by atoms with van der Waals surface area (Å²) in [6.45, 7) is 1.68. The molecule has 4 nitrogen and oxygen atoms in total. The molecule has 0 aromatic heterocycles. The van der Waals surface area contributed by atoms with Crippen LogP contribution in [0.5, 0.6) is 0 Å². The van der Waals surface area contributed by atoms with Crippen LogP contribution < -0.4 is 10.2 Å². The van der Waals surface area contributed by atoms with Crippen LogP contribution in [0.3, 0.4) is 0 Å². The summed E-state index contributed by atoms with van der Waals surface area (Å²) in [5.74, 6) is 0. The Morgan fingerprint density at radius 3 is 2.04 bits per heavy atom. The molecular formula is C22H22N2O2. The maximum Gasteiger partial charge on any atom is 0.411 e. The molecule has 0 fully saturated rings. The average Bonchev–Trinajstić information content (AvgIpc) is 2.69. The van der Waals surface area contributed by atoms with Gasteiger partial charge in [-0.05, 0) is 29.8 Å². The van der Waals surface area contributed by atoms with E-state index in [-0.39, 0.29) is 0 Å². The van der Waals surface area contributed by atoms with Crippen LogP contribution in [0.15, 0.2) is 91.0 Å². The van der Waals surface area contributed by atoms with Crippen LogP contribution in [0.1, 0.15) is 5.56 Å². The standard InChI is InChI=1S/C22H22N2O2/c25-22(23-20-12-6-2-7-13-20)26-17-16-24(21-14-8-3-9-15-21)18-19-10-4-1-5-11-19/h1-15H,16-18H2,(H,23,25). The Bertz CT molecular complexity index is 792. The zero-order chi connectivity index (χ0) is 18.0. The van der Waals surface area contributed by atoms with E-state index < -0.39 is 6.09 Å². The average molecular weight is 346 g/mol. The monoisotopic (exact) mass is 346 g/mol. The van der Waals surface area contributed by atoms with E-state index in [9.17, 15) is 4.79 Å². The number of ether oxygens (including phenoxy) is 1. The van der Waals surface area contributed by atoms with Gasteiger partial charge >= 0.3 is 6.09 Å². The lowest BCUT2D eigenvalue weighted by atomic mass is 10.2. The van der Waals surface area contributed by atoms with Crippen molar-refractivity contribution in [2.45, 2.75) is 6.54 Å². The Balaban J connectivity index is 1.56. The Morgan fingerprint density at radius 2 is 1.38 bits per heavy atom. The fourth-order valence-corrected chi connectivity index (χ4v) is 2.67. The first-order chi connectivity index (χ1) is 12.8. The van der Waals surface area contributed by atoms with E-state index in [1.54, 1.807) is 0 Å². The summed E-state index contributed by atoms with van der Waals surface area (Å²) < 4.78 is 5.34. The van der Waals surface area contributed by atoms with Gasteiger partial charge in [0.25, 0.3) is 0 Å². The summed E-state index contributed by atoms with van der Waals surface area (Å²) in [4.78, 5) is 14.1. The maximum absolute atomic E-state index is 11.9. The van der Waals surface area contributed by atoms with Crippen LogP contribution in [0.4, 0.5) is 16.2 Å². The van der Waals surface area contributed by atoms with Crippen molar-refractivity contribution in [2.75, 3.05) is 23.4 Å². The first-order valence-electron chi connectivity index (χ1n) is 8.64. The van der Waals surface area contributed by atoms with Crippen LogP contribution in [0, 0.1) is 0 Å². The predicted octanol–water partition coefficient (Wildman–Crippen LogP) is 4.94. The van der Waals surface area contributed by atoms with Crippen molar-refractivity contribution in [2.24, 2.45) is 0 Å². The van der Waals surface area contributed by atoms with Gasteiger partial charge in [-0.25, -0.2) is 4.79 Å². The van der Waals surface area contributed by atoms with Gasteiger partial charge in [-0.2, -0.15) is 0 Å². The molecule has 26 heavy (non-hydrogen) atoms. The number of amides is 1. The van der Waals surface area contributed by atoms with Crippen LogP contribution in [-0.2, 0) is 11.3 Å². The van der Waals surface area contributed by atoms with Gasteiger partial charge in [-0.1, -0.05) is 66.7 Å². The van der Waals surface area contributed by atoms with Gasteiger partial charge in [-0.15, -0.1) is 0 Å². The molecule has 0 radical (unpaired) electrons. The maximum atomic E-state index is 11.9. The van der Waals surface area contributed by atoms with Crippen molar-refractivity contribution < 1.29 is 9.53 Å². The van der Waals surface area contributed by atoms with Gasteiger partial charge in [0.05, 0.1) is 6.54 Å². The summed E-state index contributed by atoms with van der Waals surface area (Å²) in [7, 11) is 0. The third-order valence-electron chi connectivity index (χ3n) is 3.95. The predicted molar refractivity (Wildman–Crippen MR) is 105 cm³/mol. The van der Waals surface area contributed by atoms with Crippen LogP contribution in [-0.4, -0.2) is 19.2 Å². The third-order valence-corrected chi connectivity index (χ3v) is 3.95. The largest absolute Gasteiger partial charge is 0.447 e. The third kappa shape index (κ3) is 5.38. The number of hydrogen-bond acceptors (Lipinski definition) is 3. The summed E-state index contributed by atoms with van der Waals surface area (Å²) >= 11 is 0. The van der Waals surface area contributed by atoms with Crippen molar-refractivity contribution in [3.63, 3.8) is 0 Å². The molecule has 0 aliphatic rings. The number of anilines is 2. The molecular weight excluding hydrogens is 324 g/mol. The van der Waals surface area contributed by atoms with E-state index in [1.165, 1.54) is 5.56 Å². The van der Waals surface area contributed by atoms with Gasteiger partial charge in [0.1, 0.15) is 6.61 Å². The van der Waals surface area contributed by atoms with E-state index in [1.807, 2.05) is 66.7 Å². The molecule has 3 aromatic carbocycles. The Morgan fingerprint density at radius 1 is 0.808 bits per heavy atom. The SMILES string of the molecule is O=C(Nc1ccccc1)OCCN(Cc1ccccc1)c1ccccc1. The van der Waals surface area contributed by atoms with E-state index in [0.29, 0.717) is 13.2 Å². The Kier molecular flexibility index (Phi) is 6.26. The van der Waals surface area contributed by atoms with Crippen molar-refractivity contribution in [3.05, 3.63) is 96.6 Å². The normalized spacial score (nSPS) is 10.2. The molecule has 1 amide bonds. The number of nitrogens with zero attached hydrogens (tertiary/aromatic N) is 1. The van der Waals surface area contributed by atoms with Crippen molar-refractivity contribution >= 4 is 17.5 Å². The van der Waals surface area contributed by atoms with Gasteiger partial charge in [0.2, 0.25) is 0 Å². The van der Waals surface area contributed by atoms with Crippen molar-refractivity contribution in [1.82, 2.24) is 0 Å². The molecule has 0 unspecified atom stereocenters. The fraction of sp³-hybridized carbons (Fsp3) is 0.136. The van der Waals surface area contributed by atoms with Crippen molar-refractivity contribution in [3.8, 4) is 0 Å². The fourth-order valence-electron chi connectivity index (χ4n) is 2.67. The second-order valence-electron chi connectivity index (χ2n) is 5.87. The Hall–Kier alpha value is -3.27. The zero-order valence-corrected chi connectivity index (χ0v) is 14.5. The summed E-state index contributed by atoms with van der Waals surface area (Å²) in [5, 5.41) is 2.73. The molecule has 4 heteroatoms. The van der Waals surface area contributed by atoms with Gasteiger partial charge in [0.15, 0.2) is 0 Å². The van der Waals surface area contributed by atoms with E-state index in [4.69, 9.17) is 4.74 Å². The highest BCUT2D eigenvalue weighted by Gasteiger charge is 2.09. The van der Waals surface area contributed by atoms with Gasteiger partial charge in [-0.3, -0.25) is 5.32 Å². The van der Waals surface area contributed by atoms with E-state index >= 15 is 0 Å². The lowest BCUT2D eigenvalue weighted by molar-refractivity contribution is 0.164. The number of carbonyl (C=O) groups excluding carboxylic acids is 1. The van der Waals surface area contributed by atoms with Crippen LogP contribution in [0.25, 0.3) is 0 Å². The minimum Gasteiger partial charge on any atom is -0.447 e. The number of para-hydroxylation sites is 2. The first kappa shape index (κ1) is 17.5. The first-order valence-corrected chi connectivity index (χ1v) is 8.64. The molecule has 1 N–H and O–H groups in total. The van der Waals surface area contributed by atoms with Crippen molar-refractivity contribution in [1.29, 1.82) is 0 Å². The minimum atomic E-state index is -0.441. The molecule has 0 spiro atoms. The molecule has 3 rings (SSSR count). The smallest absolute Gasteiger partial charge is 0.411 e. The number of carbonyl (C=O) groups is 1. The summed E-state index contributed by atoms with van der Waals surface area (Å²) in [6, 6.07) is 29.7. The van der Waals surface area contributed by atoms with Crippen LogP contribution >= 0.6 is 0 Å². The highest BCUT2D eigenvalue weighted by molar-refractivity contribution is 5.84. The Labute approximate surface area is 154 Å². The second kappa shape index (κ2) is 9.28. The molecule has 0 saturated heterocycles. The van der Waals surface area contributed by atoms with E-state index in [0.717, 1.165) is 17.9 Å². The quantitative estimate of drug-likeness (QED) is 0.659. The highest BCUT2D eigenvalue weighted by atomic mass is 16.5. The topological polar surface area (TPSA) is 41.6 Å². The van der Waals surface area contributed by atoms with Crippen LogP contribution in [0.2, 0.25) is 0 Å². The van der Waals surface area contributed by atoms with E-state index in [2.05, 4.69) is 34.5 Å². The molecule has 0 saturated carbocycles. The molecule has 3 aromatic rings. The van der Waals surface area contributed by atoms with Gasteiger partial charge in [0, 0.05) is 17.9 Å². The second-order valence-corrected chi connectivity index (χ2v) is 5.87. The number of rotatable bonds is 7. The minimum absolute atomic E-state index is 0.306. The van der Waals surface area contributed by atoms with Gasteiger partial charge < -0.3 is 9.64 Å². The summed E-state index contributed by atoms with van der Waals surface area (Å²) in [5.41, 5.74) is 3.04. The lowest BCUT2D eigenvalue weighted by Crippen LogP contribution is -2.28. The number of benzene rings is 3. The zero-order valence-electron chi connectivity index (χ0n) is 14.5. The summed E-state index contributed by atoms with van der Waals surface area (Å²) in [6.07, 6.45) is -0.441. The molecule has 0 bridgehead atoms. The molecule has 132 valence electrons. The molecule has 0 aliphatic heterocycles. The lowest BCUT2D eigenvalue weighted by Gasteiger charge is -2.25. The highest BCUT2D eigenvalue weighted by Crippen LogP contribution is 2.16.